The third kappa shape index (κ3) is 6.88. The monoisotopic (exact) mass is 494 g/mol. The molecule has 7 heteroatoms. The molecule has 0 spiro atoms. The minimum atomic E-state index is 0.305. The van der Waals surface area contributed by atoms with Crippen LogP contribution >= 0.6 is 11.6 Å². The molecular formula is C28H35ClN4O2. The predicted molar refractivity (Wildman–Crippen MR) is 144 cm³/mol. The largest absolute Gasteiger partial charge is 0.493 e. The Labute approximate surface area is 213 Å². The quantitative estimate of drug-likeness (QED) is 0.287. The number of ether oxygens (including phenoxy) is 2. The summed E-state index contributed by atoms with van der Waals surface area (Å²) in [6.07, 6.45) is 3.53. The number of piperazine rings is 1. The molecule has 6 nitrogen and oxygen atoms in total. The highest BCUT2D eigenvalue weighted by Gasteiger charge is 2.16. The summed E-state index contributed by atoms with van der Waals surface area (Å²) >= 11 is 6.25. The summed E-state index contributed by atoms with van der Waals surface area (Å²) in [7, 11) is 2.18. The van der Waals surface area contributed by atoms with Gasteiger partial charge < -0.3 is 19.4 Å². The van der Waals surface area contributed by atoms with Crippen LogP contribution in [0.1, 0.15) is 30.8 Å². The Morgan fingerprint density at radius 1 is 1.17 bits per heavy atom. The Hall–Kier alpha value is -2.80. The Bertz CT molecular complexity index is 1180. The number of hydrogen-bond acceptors (Lipinski definition) is 5. The lowest BCUT2D eigenvalue weighted by atomic mass is 10.1. The van der Waals surface area contributed by atoms with Crippen molar-refractivity contribution in [3.05, 3.63) is 77.1 Å². The molecule has 3 aromatic rings. The molecule has 0 aliphatic carbocycles. The van der Waals surface area contributed by atoms with Crippen LogP contribution in [-0.2, 0) is 17.9 Å². The lowest BCUT2D eigenvalue weighted by Gasteiger charge is -2.32. The lowest BCUT2D eigenvalue weighted by molar-refractivity contribution is 0.148. The van der Waals surface area contributed by atoms with E-state index in [1.807, 2.05) is 24.3 Å². The van der Waals surface area contributed by atoms with E-state index in [0.717, 1.165) is 55.1 Å². The first-order valence-corrected chi connectivity index (χ1v) is 12.6. The van der Waals surface area contributed by atoms with Gasteiger partial charge in [-0.15, -0.1) is 0 Å². The fourth-order valence-electron chi connectivity index (χ4n) is 4.05. The number of allylic oxidation sites excluding steroid dienone is 2. The van der Waals surface area contributed by atoms with Crippen LogP contribution in [0.4, 0.5) is 0 Å². The number of rotatable bonds is 10. The van der Waals surface area contributed by atoms with Gasteiger partial charge in [0.25, 0.3) is 0 Å². The summed E-state index contributed by atoms with van der Waals surface area (Å²) in [5.74, 6) is 2.49. The molecule has 1 aromatic heterocycles. The molecule has 2 heterocycles. The van der Waals surface area contributed by atoms with Gasteiger partial charge in [0.1, 0.15) is 12.4 Å². The molecule has 0 bridgehead atoms. The number of hydrogen-bond donors (Lipinski definition) is 1. The van der Waals surface area contributed by atoms with Crippen LogP contribution in [0.2, 0.25) is 5.02 Å². The number of aromatic amines is 1. The lowest BCUT2D eigenvalue weighted by Crippen LogP contribution is -2.43. The van der Waals surface area contributed by atoms with Gasteiger partial charge in [-0.05, 0) is 54.9 Å². The summed E-state index contributed by atoms with van der Waals surface area (Å²) in [5.41, 5.74) is 4.07. The van der Waals surface area contributed by atoms with Crippen LogP contribution < -0.4 is 4.74 Å². The SMILES string of the molecule is C=C/C=C(\OCc1cc(Cl)ccc1OCC(C)C)c1nc2ccc(CN3CCN(C)CC3)cc2[nH]1. The highest BCUT2D eigenvalue weighted by Crippen LogP contribution is 2.27. The highest BCUT2D eigenvalue weighted by molar-refractivity contribution is 6.30. The maximum Gasteiger partial charge on any atom is 0.173 e. The van der Waals surface area contributed by atoms with Crippen molar-refractivity contribution in [1.29, 1.82) is 0 Å². The van der Waals surface area contributed by atoms with Gasteiger partial charge >= 0.3 is 0 Å². The number of benzene rings is 2. The molecule has 4 rings (SSSR count). The predicted octanol–water partition coefficient (Wildman–Crippen LogP) is 5.74. The first-order valence-electron chi connectivity index (χ1n) is 12.2. The Balaban J connectivity index is 1.49. The molecule has 1 N–H and O–H groups in total. The average molecular weight is 495 g/mol. The van der Waals surface area contributed by atoms with Crippen molar-refractivity contribution in [2.24, 2.45) is 5.92 Å². The smallest absolute Gasteiger partial charge is 0.173 e. The molecule has 1 saturated heterocycles. The van der Waals surface area contributed by atoms with Crippen molar-refractivity contribution in [2.75, 3.05) is 39.8 Å². The number of H-pyrrole nitrogens is 1. The standard InChI is InChI=1S/C28H35ClN4O2/c1-5-6-27(35-19-22-16-23(29)8-10-26(22)34-18-20(2)3)28-30-24-9-7-21(15-25(24)31-28)17-33-13-11-32(4)12-14-33/h5-10,15-16,20H,1,11-14,17-19H2,2-4H3,(H,30,31)/b27-6-. The van der Waals surface area contributed by atoms with Crippen molar-refractivity contribution < 1.29 is 9.47 Å². The van der Waals surface area contributed by atoms with Crippen LogP contribution in [0.15, 0.2) is 55.1 Å². The van der Waals surface area contributed by atoms with Crippen LogP contribution in [0.3, 0.4) is 0 Å². The van der Waals surface area contributed by atoms with Crippen LogP contribution in [-0.4, -0.2) is 59.6 Å². The minimum absolute atomic E-state index is 0.305. The molecule has 0 saturated carbocycles. The molecule has 0 amide bonds. The zero-order chi connectivity index (χ0) is 24.8. The number of imidazole rings is 1. The number of nitrogens with zero attached hydrogens (tertiary/aromatic N) is 3. The van der Waals surface area contributed by atoms with E-state index in [-0.39, 0.29) is 0 Å². The zero-order valence-corrected chi connectivity index (χ0v) is 21.6. The molecule has 35 heavy (non-hydrogen) atoms. The number of nitrogens with one attached hydrogen (secondary N) is 1. The van der Waals surface area contributed by atoms with Crippen LogP contribution in [0.25, 0.3) is 16.8 Å². The average Bonchev–Trinajstić information content (AvgIpc) is 3.26. The topological polar surface area (TPSA) is 53.6 Å². The van der Waals surface area contributed by atoms with Crippen molar-refractivity contribution in [1.82, 2.24) is 19.8 Å². The fraction of sp³-hybridized carbons (Fsp3) is 0.393. The third-order valence-electron chi connectivity index (χ3n) is 6.03. The minimum Gasteiger partial charge on any atom is -0.493 e. The Morgan fingerprint density at radius 2 is 1.97 bits per heavy atom. The van der Waals surface area contributed by atoms with Crippen molar-refractivity contribution in [3.8, 4) is 5.75 Å². The van der Waals surface area contributed by atoms with E-state index in [2.05, 4.69) is 60.5 Å². The molecule has 1 aliphatic rings. The molecular weight excluding hydrogens is 460 g/mol. The molecule has 186 valence electrons. The number of aromatic nitrogens is 2. The van der Waals surface area contributed by atoms with Gasteiger partial charge in [-0.3, -0.25) is 4.90 Å². The number of likely N-dealkylation sites (N-methyl/N-ethyl adjacent to an activating group) is 1. The van der Waals surface area contributed by atoms with E-state index in [1.165, 1.54) is 5.56 Å². The molecule has 0 atom stereocenters. The van der Waals surface area contributed by atoms with E-state index in [0.29, 0.717) is 35.7 Å². The summed E-state index contributed by atoms with van der Waals surface area (Å²) in [6, 6.07) is 12.0. The van der Waals surface area contributed by atoms with E-state index in [1.54, 1.807) is 6.08 Å². The Kier molecular flexibility index (Phi) is 8.50. The molecule has 0 radical (unpaired) electrons. The van der Waals surface area contributed by atoms with E-state index in [9.17, 15) is 0 Å². The van der Waals surface area contributed by atoms with Crippen LogP contribution in [0.5, 0.6) is 5.75 Å². The molecule has 1 fully saturated rings. The molecule has 2 aromatic carbocycles. The normalized spacial score (nSPS) is 15.6. The number of fused-ring (bicyclic) bond motifs is 1. The van der Waals surface area contributed by atoms with Gasteiger partial charge in [0.05, 0.1) is 17.6 Å². The van der Waals surface area contributed by atoms with Crippen molar-refractivity contribution >= 4 is 28.4 Å². The summed E-state index contributed by atoms with van der Waals surface area (Å²) in [6.45, 7) is 14.4. The molecule has 1 aliphatic heterocycles. The molecule has 0 unspecified atom stereocenters. The van der Waals surface area contributed by atoms with Gasteiger partial charge in [0.2, 0.25) is 0 Å². The highest BCUT2D eigenvalue weighted by atomic mass is 35.5. The summed E-state index contributed by atoms with van der Waals surface area (Å²) in [5, 5.41) is 0.645. The number of halogens is 1. The van der Waals surface area contributed by atoms with Gasteiger partial charge in [-0.25, -0.2) is 4.98 Å². The van der Waals surface area contributed by atoms with E-state index < -0.39 is 0 Å². The Morgan fingerprint density at radius 3 is 2.71 bits per heavy atom. The third-order valence-corrected chi connectivity index (χ3v) is 6.26. The van der Waals surface area contributed by atoms with Gasteiger partial charge in [-0.1, -0.05) is 44.2 Å². The first-order chi connectivity index (χ1) is 16.9. The van der Waals surface area contributed by atoms with Gasteiger partial charge in [-0.2, -0.15) is 0 Å². The fourth-order valence-corrected chi connectivity index (χ4v) is 4.25. The zero-order valence-electron chi connectivity index (χ0n) is 20.9. The van der Waals surface area contributed by atoms with Gasteiger partial charge in [0, 0.05) is 43.3 Å². The van der Waals surface area contributed by atoms with Crippen molar-refractivity contribution in [3.63, 3.8) is 0 Å². The second-order valence-electron chi connectivity index (χ2n) is 9.53. The van der Waals surface area contributed by atoms with E-state index in [4.69, 9.17) is 26.1 Å². The van der Waals surface area contributed by atoms with Crippen molar-refractivity contribution in [2.45, 2.75) is 27.0 Å². The second kappa shape index (κ2) is 11.8. The van der Waals surface area contributed by atoms with E-state index >= 15 is 0 Å². The maximum absolute atomic E-state index is 6.25. The summed E-state index contributed by atoms with van der Waals surface area (Å²) < 4.78 is 12.2. The first kappa shape index (κ1) is 25.3. The maximum atomic E-state index is 6.25. The van der Waals surface area contributed by atoms with Gasteiger partial charge in [0.15, 0.2) is 11.6 Å². The summed E-state index contributed by atoms with van der Waals surface area (Å²) in [4.78, 5) is 13.1. The second-order valence-corrected chi connectivity index (χ2v) is 9.96. The van der Waals surface area contributed by atoms with Crippen LogP contribution in [0, 0.1) is 5.92 Å².